The number of hydrogen-bond donors (Lipinski definition) is 1. The number of nitrogens with zero attached hydrogens (tertiary/aromatic N) is 3. The van der Waals surface area contributed by atoms with Crippen LogP contribution in [-0.2, 0) is 17.8 Å². The first-order chi connectivity index (χ1) is 12.7. The normalized spacial score (nSPS) is 11.7. The highest BCUT2D eigenvalue weighted by molar-refractivity contribution is 5.79. The molecule has 1 unspecified atom stereocenters. The molecule has 1 atom stereocenters. The van der Waals surface area contributed by atoms with Crippen LogP contribution in [0, 0.1) is 0 Å². The minimum Gasteiger partial charge on any atom is -0.494 e. The standard InChI is InChI=1S/C20H22N4O2/c1-2-26-18-10-8-16(9-11-18)14-20(25)23-19(15-24-21-12-13-22-24)17-6-4-3-5-7-17/h3-13,19H,2,14-15H2,1H3,(H,23,25). The number of hydrogen-bond acceptors (Lipinski definition) is 4. The van der Waals surface area contributed by atoms with E-state index < -0.39 is 0 Å². The maximum atomic E-state index is 12.5. The predicted molar refractivity (Wildman–Crippen MR) is 98.7 cm³/mol. The van der Waals surface area contributed by atoms with Crippen molar-refractivity contribution in [3.63, 3.8) is 0 Å². The lowest BCUT2D eigenvalue weighted by atomic mass is 10.1. The van der Waals surface area contributed by atoms with Gasteiger partial charge in [0.2, 0.25) is 5.91 Å². The van der Waals surface area contributed by atoms with Gasteiger partial charge in [-0.2, -0.15) is 15.0 Å². The van der Waals surface area contributed by atoms with Crippen molar-refractivity contribution < 1.29 is 9.53 Å². The van der Waals surface area contributed by atoms with Crippen LogP contribution in [0.2, 0.25) is 0 Å². The molecular weight excluding hydrogens is 328 g/mol. The maximum Gasteiger partial charge on any atom is 0.224 e. The minimum atomic E-state index is -0.196. The van der Waals surface area contributed by atoms with E-state index in [1.54, 1.807) is 17.2 Å². The number of rotatable bonds is 8. The van der Waals surface area contributed by atoms with Crippen LogP contribution in [0.1, 0.15) is 24.1 Å². The van der Waals surface area contributed by atoms with E-state index in [0.29, 0.717) is 19.6 Å². The molecule has 0 bridgehead atoms. The summed E-state index contributed by atoms with van der Waals surface area (Å²) in [6.45, 7) is 3.05. The summed E-state index contributed by atoms with van der Waals surface area (Å²) in [5, 5.41) is 11.4. The van der Waals surface area contributed by atoms with Gasteiger partial charge in [0, 0.05) is 0 Å². The van der Waals surface area contributed by atoms with E-state index in [1.807, 2.05) is 61.5 Å². The Bertz CT molecular complexity index is 802. The quantitative estimate of drug-likeness (QED) is 0.678. The summed E-state index contributed by atoms with van der Waals surface area (Å²) in [5.41, 5.74) is 1.96. The minimum absolute atomic E-state index is 0.0461. The van der Waals surface area contributed by atoms with Gasteiger partial charge in [-0.1, -0.05) is 42.5 Å². The van der Waals surface area contributed by atoms with E-state index in [1.165, 1.54) is 0 Å². The maximum absolute atomic E-state index is 12.5. The molecule has 0 saturated carbocycles. The molecule has 1 N–H and O–H groups in total. The van der Waals surface area contributed by atoms with Crippen molar-refractivity contribution in [3.8, 4) is 5.75 Å². The van der Waals surface area contributed by atoms with Crippen LogP contribution < -0.4 is 10.1 Å². The number of aromatic nitrogens is 3. The largest absolute Gasteiger partial charge is 0.494 e. The smallest absolute Gasteiger partial charge is 0.224 e. The van der Waals surface area contributed by atoms with E-state index in [2.05, 4.69) is 15.5 Å². The molecule has 0 aliphatic carbocycles. The highest BCUT2D eigenvalue weighted by Crippen LogP contribution is 2.16. The molecule has 0 saturated heterocycles. The summed E-state index contributed by atoms with van der Waals surface area (Å²) in [4.78, 5) is 14.1. The van der Waals surface area contributed by atoms with Crippen LogP contribution in [0.4, 0.5) is 0 Å². The Labute approximate surface area is 152 Å². The second-order valence-corrected chi connectivity index (χ2v) is 5.87. The van der Waals surface area contributed by atoms with Crippen LogP contribution in [-0.4, -0.2) is 27.5 Å². The van der Waals surface area contributed by atoms with Crippen molar-refractivity contribution in [2.24, 2.45) is 0 Å². The first kappa shape index (κ1) is 17.7. The van der Waals surface area contributed by atoms with Gasteiger partial charge in [-0.15, -0.1) is 0 Å². The number of ether oxygens (including phenoxy) is 1. The second-order valence-electron chi connectivity index (χ2n) is 5.87. The lowest BCUT2D eigenvalue weighted by Gasteiger charge is -2.19. The van der Waals surface area contributed by atoms with E-state index in [9.17, 15) is 4.79 Å². The van der Waals surface area contributed by atoms with Gasteiger partial charge in [-0.05, 0) is 30.2 Å². The molecule has 0 radical (unpaired) electrons. The molecule has 1 heterocycles. The average Bonchev–Trinajstić information content (AvgIpc) is 3.17. The van der Waals surface area contributed by atoms with Crippen molar-refractivity contribution in [2.75, 3.05) is 6.61 Å². The first-order valence-electron chi connectivity index (χ1n) is 8.64. The van der Waals surface area contributed by atoms with Crippen molar-refractivity contribution >= 4 is 5.91 Å². The molecule has 26 heavy (non-hydrogen) atoms. The molecule has 2 aromatic carbocycles. The zero-order valence-corrected chi connectivity index (χ0v) is 14.7. The number of carbonyl (C=O) groups is 1. The zero-order chi connectivity index (χ0) is 18.2. The van der Waals surface area contributed by atoms with Crippen molar-refractivity contribution in [2.45, 2.75) is 25.9 Å². The van der Waals surface area contributed by atoms with Gasteiger partial charge in [0.05, 0.1) is 38.0 Å². The Morgan fingerprint density at radius 1 is 1.08 bits per heavy atom. The van der Waals surface area contributed by atoms with Crippen LogP contribution in [0.15, 0.2) is 67.0 Å². The van der Waals surface area contributed by atoms with Gasteiger partial charge in [0.25, 0.3) is 0 Å². The number of carbonyl (C=O) groups excluding carboxylic acids is 1. The van der Waals surface area contributed by atoms with Crippen molar-refractivity contribution in [1.29, 1.82) is 0 Å². The summed E-state index contributed by atoms with van der Waals surface area (Å²) in [7, 11) is 0. The molecule has 3 aromatic rings. The molecule has 0 aliphatic heterocycles. The number of nitrogens with one attached hydrogen (secondary N) is 1. The number of benzene rings is 2. The van der Waals surface area contributed by atoms with Gasteiger partial charge >= 0.3 is 0 Å². The highest BCUT2D eigenvalue weighted by atomic mass is 16.5. The van der Waals surface area contributed by atoms with Crippen LogP contribution in [0.3, 0.4) is 0 Å². The van der Waals surface area contributed by atoms with E-state index >= 15 is 0 Å². The molecule has 0 spiro atoms. The van der Waals surface area contributed by atoms with E-state index in [0.717, 1.165) is 16.9 Å². The Kier molecular flexibility index (Phi) is 5.98. The molecule has 1 aromatic heterocycles. The molecule has 134 valence electrons. The fraction of sp³-hybridized carbons (Fsp3) is 0.250. The van der Waals surface area contributed by atoms with Crippen LogP contribution in [0.5, 0.6) is 5.75 Å². The SMILES string of the molecule is CCOc1ccc(CC(=O)NC(Cn2nccn2)c2ccccc2)cc1. The van der Waals surface area contributed by atoms with E-state index in [4.69, 9.17) is 4.74 Å². The summed E-state index contributed by atoms with van der Waals surface area (Å²) >= 11 is 0. The Balaban J connectivity index is 1.66. The predicted octanol–water partition coefficient (Wildman–Crippen LogP) is 2.78. The Hall–Kier alpha value is -3.15. The van der Waals surface area contributed by atoms with Gasteiger partial charge < -0.3 is 10.1 Å². The Morgan fingerprint density at radius 2 is 1.77 bits per heavy atom. The fourth-order valence-corrected chi connectivity index (χ4v) is 2.72. The lowest BCUT2D eigenvalue weighted by Crippen LogP contribution is -2.33. The third-order valence-corrected chi connectivity index (χ3v) is 3.95. The number of amides is 1. The molecular formula is C20H22N4O2. The van der Waals surface area contributed by atoms with Crippen LogP contribution >= 0.6 is 0 Å². The van der Waals surface area contributed by atoms with Gasteiger partial charge in [-0.3, -0.25) is 4.79 Å². The van der Waals surface area contributed by atoms with Gasteiger partial charge in [0.1, 0.15) is 5.75 Å². The fourth-order valence-electron chi connectivity index (χ4n) is 2.72. The monoisotopic (exact) mass is 350 g/mol. The van der Waals surface area contributed by atoms with Crippen LogP contribution in [0.25, 0.3) is 0 Å². The summed E-state index contributed by atoms with van der Waals surface area (Å²) in [6, 6.07) is 17.2. The van der Waals surface area contributed by atoms with Gasteiger partial charge in [-0.25, -0.2) is 0 Å². The average molecular weight is 350 g/mol. The molecule has 0 fully saturated rings. The van der Waals surface area contributed by atoms with Crippen molar-refractivity contribution in [1.82, 2.24) is 20.3 Å². The lowest BCUT2D eigenvalue weighted by molar-refractivity contribution is -0.121. The summed E-state index contributed by atoms with van der Waals surface area (Å²) in [5.74, 6) is 0.763. The molecule has 3 rings (SSSR count). The molecule has 0 aliphatic rings. The van der Waals surface area contributed by atoms with Gasteiger partial charge in [0.15, 0.2) is 0 Å². The second kappa shape index (κ2) is 8.80. The summed E-state index contributed by atoms with van der Waals surface area (Å²) in [6.07, 6.45) is 3.57. The summed E-state index contributed by atoms with van der Waals surface area (Å²) < 4.78 is 5.43. The first-order valence-corrected chi connectivity index (χ1v) is 8.64. The van der Waals surface area contributed by atoms with Crippen molar-refractivity contribution in [3.05, 3.63) is 78.1 Å². The third kappa shape index (κ3) is 4.92. The highest BCUT2D eigenvalue weighted by Gasteiger charge is 2.16. The zero-order valence-electron chi connectivity index (χ0n) is 14.7. The Morgan fingerprint density at radius 3 is 2.42 bits per heavy atom. The molecule has 1 amide bonds. The van der Waals surface area contributed by atoms with E-state index in [-0.39, 0.29) is 11.9 Å². The topological polar surface area (TPSA) is 69.0 Å². The molecule has 6 heteroatoms. The third-order valence-electron chi connectivity index (χ3n) is 3.95. The molecule has 6 nitrogen and oxygen atoms in total.